The molecule has 0 aliphatic rings. The summed E-state index contributed by atoms with van der Waals surface area (Å²) in [7, 11) is -3.86. The van der Waals surface area contributed by atoms with Crippen molar-refractivity contribution in [3.63, 3.8) is 0 Å². The average Bonchev–Trinajstić information content (AvgIpc) is 2.68. The predicted molar refractivity (Wildman–Crippen MR) is 102 cm³/mol. The lowest BCUT2D eigenvalue weighted by Crippen LogP contribution is -2.18. The molecule has 0 saturated heterocycles. The maximum Gasteiger partial charge on any atom is 0.270 e. The molecular weight excluding hydrogens is 344 g/mol. The smallest absolute Gasteiger partial charge is 0.215 e. The Balaban J connectivity index is 1.82. The van der Waals surface area contributed by atoms with Gasteiger partial charge in [-0.1, -0.05) is 72.8 Å². The number of hydrogen-bond donors (Lipinski definition) is 1. The van der Waals surface area contributed by atoms with Gasteiger partial charge in [0, 0.05) is 5.56 Å². The first kappa shape index (κ1) is 17.7. The van der Waals surface area contributed by atoms with E-state index in [-0.39, 0.29) is 4.90 Å². The Bertz CT molecular complexity index is 1020. The van der Waals surface area contributed by atoms with Crippen LogP contribution in [0.2, 0.25) is 0 Å². The van der Waals surface area contributed by atoms with Gasteiger partial charge in [0.2, 0.25) is 0 Å². The Morgan fingerprint density at radius 3 is 2.00 bits per heavy atom. The van der Waals surface area contributed by atoms with Crippen LogP contribution in [0, 0.1) is 11.5 Å². The minimum Gasteiger partial charge on any atom is -0.215 e. The molecule has 130 valence electrons. The topological polar surface area (TPSA) is 70.0 Å². The molecule has 3 rings (SSSR count). The first-order chi connectivity index (χ1) is 12.6. The summed E-state index contributed by atoms with van der Waals surface area (Å²) in [5, 5.41) is 8.67. The first-order valence-corrected chi connectivity index (χ1v) is 9.71. The molecule has 0 bridgehead atoms. The van der Waals surface area contributed by atoms with E-state index in [4.69, 9.17) is 5.26 Å². The standard InChI is InChI=1S/C21H18N2O2S/c22-16-23-26(24,25)21-9-5-4-8-20(21)19-14-12-18(13-15-19)11-10-17-6-2-1-3-7-17/h1-9,12-15,23H,10-11H2. The minimum absolute atomic E-state index is 0.0959. The van der Waals surface area contributed by atoms with E-state index >= 15 is 0 Å². The van der Waals surface area contributed by atoms with Crippen LogP contribution in [0.15, 0.2) is 83.8 Å². The van der Waals surface area contributed by atoms with Crippen LogP contribution in [0.1, 0.15) is 11.1 Å². The van der Waals surface area contributed by atoms with Crippen molar-refractivity contribution in [2.45, 2.75) is 17.7 Å². The molecule has 3 aromatic rings. The van der Waals surface area contributed by atoms with Gasteiger partial charge in [-0.3, -0.25) is 0 Å². The Kier molecular flexibility index (Phi) is 5.35. The monoisotopic (exact) mass is 362 g/mol. The highest BCUT2D eigenvalue weighted by Gasteiger charge is 2.18. The molecular formula is C21H18N2O2S. The molecule has 4 nitrogen and oxygen atoms in total. The lowest BCUT2D eigenvalue weighted by atomic mass is 10.0. The van der Waals surface area contributed by atoms with Gasteiger partial charge >= 0.3 is 0 Å². The van der Waals surface area contributed by atoms with Crippen LogP contribution in [-0.4, -0.2) is 8.42 Å². The Hall–Kier alpha value is -3.10. The molecule has 0 radical (unpaired) electrons. The van der Waals surface area contributed by atoms with Gasteiger partial charge in [-0.15, -0.1) is 0 Å². The van der Waals surface area contributed by atoms with Gasteiger partial charge in [-0.05, 0) is 35.6 Å². The number of nitriles is 1. The fourth-order valence-corrected chi connectivity index (χ4v) is 3.80. The molecule has 0 aliphatic heterocycles. The van der Waals surface area contributed by atoms with Crippen LogP contribution < -0.4 is 4.72 Å². The molecule has 5 heteroatoms. The summed E-state index contributed by atoms with van der Waals surface area (Å²) < 4.78 is 26.3. The van der Waals surface area contributed by atoms with E-state index < -0.39 is 10.0 Å². The van der Waals surface area contributed by atoms with Crippen molar-refractivity contribution in [3.05, 3.63) is 90.0 Å². The highest BCUT2D eigenvalue weighted by Crippen LogP contribution is 2.27. The quantitative estimate of drug-likeness (QED) is 0.534. The zero-order valence-electron chi connectivity index (χ0n) is 14.1. The van der Waals surface area contributed by atoms with Gasteiger partial charge < -0.3 is 0 Å². The first-order valence-electron chi connectivity index (χ1n) is 8.23. The van der Waals surface area contributed by atoms with Crippen LogP contribution >= 0.6 is 0 Å². The van der Waals surface area contributed by atoms with Crippen LogP contribution in [0.25, 0.3) is 11.1 Å². The number of sulfonamides is 1. The van der Waals surface area contributed by atoms with Crippen LogP contribution in [-0.2, 0) is 22.9 Å². The highest BCUT2D eigenvalue weighted by atomic mass is 32.2. The van der Waals surface area contributed by atoms with Gasteiger partial charge in [-0.2, -0.15) is 5.26 Å². The van der Waals surface area contributed by atoms with E-state index in [9.17, 15) is 8.42 Å². The molecule has 0 aliphatic carbocycles. The largest absolute Gasteiger partial charge is 0.270 e. The summed E-state index contributed by atoms with van der Waals surface area (Å²) in [6, 6.07) is 24.8. The summed E-state index contributed by atoms with van der Waals surface area (Å²) in [5.74, 6) is 0. The molecule has 0 unspecified atom stereocenters. The van der Waals surface area contributed by atoms with Crippen LogP contribution in [0.3, 0.4) is 0 Å². The van der Waals surface area contributed by atoms with Crippen molar-refractivity contribution in [2.75, 3.05) is 0 Å². The predicted octanol–water partition coefficient (Wildman–Crippen LogP) is 3.90. The van der Waals surface area contributed by atoms with Crippen LogP contribution in [0.5, 0.6) is 0 Å². The summed E-state index contributed by atoms with van der Waals surface area (Å²) in [4.78, 5) is 0.0959. The molecule has 0 atom stereocenters. The molecule has 1 N–H and O–H groups in total. The van der Waals surface area contributed by atoms with E-state index in [0.717, 1.165) is 18.4 Å². The summed E-state index contributed by atoms with van der Waals surface area (Å²) in [6.07, 6.45) is 3.36. The molecule has 26 heavy (non-hydrogen) atoms. The van der Waals surface area contributed by atoms with Crippen LogP contribution in [0.4, 0.5) is 0 Å². The van der Waals surface area contributed by atoms with Gasteiger partial charge in [0.05, 0.1) is 4.90 Å². The molecule has 3 aromatic carbocycles. The maximum atomic E-state index is 12.2. The number of nitrogens with one attached hydrogen (secondary N) is 1. The van der Waals surface area contributed by atoms with Crippen molar-refractivity contribution in [3.8, 4) is 17.3 Å². The Morgan fingerprint density at radius 2 is 1.35 bits per heavy atom. The number of benzene rings is 3. The Morgan fingerprint density at radius 1 is 0.769 bits per heavy atom. The fourth-order valence-electron chi connectivity index (χ4n) is 2.84. The third kappa shape index (κ3) is 4.11. The van der Waals surface area contributed by atoms with Crippen molar-refractivity contribution in [1.82, 2.24) is 4.72 Å². The van der Waals surface area contributed by atoms with Crippen molar-refractivity contribution in [1.29, 1.82) is 5.26 Å². The molecule has 0 saturated carbocycles. The van der Waals surface area contributed by atoms with Gasteiger partial charge in [-0.25, -0.2) is 13.1 Å². The zero-order valence-corrected chi connectivity index (χ0v) is 14.9. The molecule has 0 spiro atoms. The average molecular weight is 362 g/mol. The maximum absolute atomic E-state index is 12.2. The normalized spacial score (nSPS) is 10.9. The zero-order chi connectivity index (χ0) is 18.4. The SMILES string of the molecule is N#CNS(=O)(=O)c1ccccc1-c1ccc(CCc2ccccc2)cc1. The van der Waals surface area contributed by atoms with Crippen molar-refractivity contribution < 1.29 is 8.42 Å². The van der Waals surface area contributed by atoms with E-state index in [0.29, 0.717) is 5.56 Å². The third-order valence-electron chi connectivity index (χ3n) is 4.17. The van der Waals surface area contributed by atoms with E-state index in [1.165, 1.54) is 23.4 Å². The lowest BCUT2D eigenvalue weighted by Gasteiger charge is -2.10. The molecule has 0 heterocycles. The second kappa shape index (κ2) is 7.85. The second-order valence-electron chi connectivity index (χ2n) is 5.90. The Labute approximate surface area is 153 Å². The summed E-state index contributed by atoms with van der Waals surface area (Å²) in [6.45, 7) is 0. The molecule has 0 amide bonds. The number of nitrogens with zero attached hydrogens (tertiary/aromatic N) is 1. The second-order valence-corrected chi connectivity index (χ2v) is 7.55. The third-order valence-corrected chi connectivity index (χ3v) is 5.46. The molecule has 0 fully saturated rings. The number of rotatable bonds is 6. The van der Waals surface area contributed by atoms with Gasteiger partial charge in [0.25, 0.3) is 10.0 Å². The number of aryl methyl sites for hydroxylation is 2. The number of hydrogen-bond acceptors (Lipinski definition) is 3. The van der Waals surface area contributed by atoms with E-state index in [1.54, 1.807) is 18.2 Å². The summed E-state index contributed by atoms with van der Waals surface area (Å²) >= 11 is 0. The van der Waals surface area contributed by atoms with Gasteiger partial charge in [0.1, 0.15) is 0 Å². The van der Waals surface area contributed by atoms with Gasteiger partial charge in [0.15, 0.2) is 6.19 Å². The lowest BCUT2D eigenvalue weighted by molar-refractivity contribution is 0.591. The molecule has 0 aromatic heterocycles. The van der Waals surface area contributed by atoms with Crippen molar-refractivity contribution >= 4 is 10.0 Å². The van der Waals surface area contributed by atoms with Crippen molar-refractivity contribution in [2.24, 2.45) is 0 Å². The highest BCUT2D eigenvalue weighted by molar-refractivity contribution is 7.89. The van der Waals surface area contributed by atoms with E-state index in [2.05, 4.69) is 12.1 Å². The fraction of sp³-hybridized carbons (Fsp3) is 0.0952. The minimum atomic E-state index is -3.86. The van der Waals surface area contributed by atoms with E-state index in [1.807, 2.05) is 47.2 Å². The summed E-state index contributed by atoms with van der Waals surface area (Å²) in [5.41, 5.74) is 3.85.